The average molecular weight is 1340 g/mol. The molecular formula is C42H82O12PtSi13. The topological polar surface area (TPSA) is 111 Å². The Morgan fingerprint density at radius 3 is 0.691 bits per heavy atom. The third kappa shape index (κ3) is 20.9. The van der Waals surface area contributed by atoms with E-state index in [4.69, 9.17) is 49.4 Å². The van der Waals surface area contributed by atoms with Crippen molar-refractivity contribution in [3.63, 3.8) is 0 Å². The molecule has 4 aliphatic heterocycles. The Morgan fingerprint density at radius 2 is 0.529 bits per heavy atom. The Balaban J connectivity index is 0.000000900. The molecule has 0 spiro atoms. The SMILES string of the molecule is C=C[Si](C)(C)O[Si](C)(C)C=C.C=C[Si]1(C)O[Si](C)(C=C)O[Si](C)(C=C)O1.C=C[Si]1(C)O[Si](C)(C=C)O[Si](C)(C=C)O[Si](C)(C=C)O1.C=C[Si]1(C)O[Si]2(C)[C-]=CCC=[C-][Si](C)(O2)O[Si](C)(C=C)O1.[Pt+2]. The zero-order valence-corrected chi connectivity index (χ0v) is 59.0. The summed E-state index contributed by atoms with van der Waals surface area (Å²) >= 11 is 0. The van der Waals surface area contributed by atoms with Crippen molar-refractivity contribution in [2.75, 3.05) is 0 Å². The summed E-state index contributed by atoms with van der Waals surface area (Å²) in [5.41, 5.74) is 26.5. The normalized spacial score (nSPS) is 40.1. The molecule has 68 heavy (non-hydrogen) atoms. The summed E-state index contributed by atoms with van der Waals surface area (Å²) in [4.78, 5) is 0. The summed E-state index contributed by atoms with van der Waals surface area (Å²) in [5, 5.41) is 0. The van der Waals surface area contributed by atoms with Crippen LogP contribution in [-0.2, 0) is 70.4 Å². The van der Waals surface area contributed by atoms with E-state index in [9.17, 15) is 0 Å². The second kappa shape index (κ2) is 25.7. The molecular weight excluding hydrogens is 1260 g/mol. The van der Waals surface area contributed by atoms with Crippen molar-refractivity contribution in [3.8, 4) is 0 Å². The predicted octanol–water partition coefficient (Wildman–Crippen LogP) is 11.6. The summed E-state index contributed by atoms with van der Waals surface area (Å²) in [6, 6.07) is 0. The maximum atomic E-state index is 6.35. The standard InChI is InChI=1S/C13H22O4Si4.C12H24O4Si4.C9H18O3Si3.C8H18OSi2.Pt/c1-7-18(3)14-19(4,8-2)16-21(6)13-11-9-10-12-20(5,15-18)17-21;1-9-17(5)13-18(6,10-2)15-20(8,12-4)16-19(7,11-3)14-17;1-7-13(4)10-14(5,8-2)12-15(6,9-3)11-13;1-7-10(3,4)9-11(5,6)8-2;/h7-8,10-11H,1-2,9H2,3-6H3;9-12H,1-4H2,5-8H3;7-9H,1-3H2,4-6H3;7-8H,1-2H2,3-6H3;/q-2;;;;+2. The fourth-order valence-corrected chi connectivity index (χ4v) is 61.7. The molecule has 0 saturated carbocycles. The fourth-order valence-electron chi connectivity index (χ4n) is 6.77. The molecule has 3 fully saturated rings. The van der Waals surface area contributed by atoms with E-state index < -0.39 is 111 Å². The van der Waals surface area contributed by atoms with E-state index in [1.807, 2.05) is 95.6 Å². The Hall–Kier alpha value is -0.352. The number of hydrogen-bond acceptors (Lipinski definition) is 12. The van der Waals surface area contributed by atoms with Gasteiger partial charge in [0.15, 0.2) is 16.6 Å². The van der Waals surface area contributed by atoms with Gasteiger partial charge in [0.2, 0.25) is 0 Å². The van der Waals surface area contributed by atoms with E-state index in [-0.39, 0.29) is 21.1 Å². The molecule has 0 aromatic rings. The van der Waals surface area contributed by atoms with Gasteiger partial charge in [0.25, 0.3) is 0 Å². The molecule has 4 rings (SSSR count). The minimum Gasteiger partial charge on any atom is -0.456 e. The van der Waals surface area contributed by atoms with Crippen molar-refractivity contribution in [2.24, 2.45) is 0 Å². The Morgan fingerprint density at radius 1 is 0.353 bits per heavy atom. The van der Waals surface area contributed by atoms with Crippen LogP contribution >= 0.6 is 0 Å². The molecule has 3 saturated heterocycles. The average Bonchev–Trinajstić information content (AvgIpc) is 3.21. The predicted molar refractivity (Wildman–Crippen MR) is 308 cm³/mol. The summed E-state index contributed by atoms with van der Waals surface area (Å²) in [5.74, 6) is 0. The van der Waals surface area contributed by atoms with Crippen LogP contribution in [0, 0.1) is 11.4 Å². The third-order valence-electron chi connectivity index (χ3n) is 10.2. The summed E-state index contributed by atoms with van der Waals surface area (Å²) < 4.78 is 74.1. The molecule has 4 atom stereocenters. The molecule has 4 heterocycles. The molecule has 12 nitrogen and oxygen atoms in total. The van der Waals surface area contributed by atoms with E-state index in [1.165, 1.54) is 0 Å². The first-order valence-corrected chi connectivity index (χ1v) is 54.1. The van der Waals surface area contributed by atoms with Crippen molar-refractivity contribution in [3.05, 3.63) is 159 Å². The van der Waals surface area contributed by atoms with E-state index in [2.05, 4.69) is 110 Å². The Labute approximate surface area is 440 Å². The zero-order valence-electron chi connectivity index (χ0n) is 43.7. The van der Waals surface area contributed by atoms with Crippen LogP contribution in [0.2, 0.25) is 98.2 Å². The van der Waals surface area contributed by atoms with Crippen LogP contribution in [0.4, 0.5) is 0 Å². The first-order chi connectivity index (χ1) is 30.4. The maximum Gasteiger partial charge on any atom is 2.00 e. The number of allylic oxidation sites excluding steroid dienone is 2. The quantitative estimate of drug-likeness (QED) is 0.129. The molecule has 0 aromatic heterocycles. The van der Waals surface area contributed by atoms with Gasteiger partial charge in [-0.05, 0) is 98.2 Å². The maximum absolute atomic E-state index is 6.35. The van der Waals surface area contributed by atoms with Crippen LogP contribution in [0.1, 0.15) is 6.42 Å². The minimum atomic E-state index is -2.65. The molecule has 4 aliphatic rings. The van der Waals surface area contributed by atoms with Crippen molar-refractivity contribution in [1.82, 2.24) is 0 Å². The molecule has 384 valence electrons. The van der Waals surface area contributed by atoms with Crippen LogP contribution in [0.3, 0.4) is 0 Å². The van der Waals surface area contributed by atoms with Crippen LogP contribution in [0.5, 0.6) is 0 Å². The molecule has 0 radical (unpaired) electrons. The molecule has 0 aromatic carbocycles. The monoisotopic (exact) mass is 1340 g/mol. The summed E-state index contributed by atoms with van der Waals surface area (Å²) in [6.07, 6.45) is 4.65. The number of rotatable bonds is 13. The number of hydrogen-bond donors (Lipinski definition) is 0. The third-order valence-corrected chi connectivity index (χ3v) is 60.0. The van der Waals surface area contributed by atoms with Gasteiger partial charge in [0.05, 0.1) is 0 Å². The Kier molecular flexibility index (Phi) is 25.6. The van der Waals surface area contributed by atoms with E-state index in [0.717, 1.165) is 6.42 Å². The van der Waals surface area contributed by atoms with Gasteiger partial charge in [-0.15, -0.1) is 72.4 Å². The van der Waals surface area contributed by atoms with Gasteiger partial charge >= 0.3 is 98.1 Å². The van der Waals surface area contributed by atoms with Crippen LogP contribution in [-0.4, -0.2) is 111 Å². The molecule has 26 heteroatoms. The summed E-state index contributed by atoms with van der Waals surface area (Å²) in [7, 11) is -31.0. The van der Waals surface area contributed by atoms with Crippen LogP contribution < -0.4 is 0 Å². The zero-order chi connectivity index (χ0) is 52.3. The van der Waals surface area contributed by atoms with Crippen LogP contribution in [0.25, 0.3) is 0 Å². The minimum absolute atomic E-state index is 0. The largest absolute Gasteiger partial charge is 2.00 e. The van der Waals surface area contributed by atoms with Gasteiger partial charge in [-0.3, -0.25) is 12.2 Å². The molecule has 2 bridgehead atoms. The van der Waals surface area contributed by atoms with Crippen LogP contribution in [0.15, 0.2) is 147 Å². The first kappa shape index (κ1) is 67.6. The smallest absolute Gasteiger partial charge is 0.456 e. The first-order valence-electron chi connectivity index (χ1n) is 22.0. The molecule has 0 N–H and O–H groups in total. The van der Waals surface area contributed by atoms with Gasteiger partial charge in [-0.1, -0.05) is 69.1 Å². The van der Waals surface area contributed by atoms with Crippen molar-refractivity contribution in [1.29, 1.82) is 0 Å². The van der Waals surface area contributed by atoms with Crippen molar-refractivity contribution < 1.29 is 70.4 Å². The van der Waals surface area contributed by atoms with Gasteiger partial charge < -0.3 is 60.8 Å². The van der Waals surface area contributed by atoms with Gasteiger partial charge in [0, 0.05) is 0 Å². The fraction of sp³-hybridized carbons (Fsp3) is 0.381. The molecule has 0 aliphatic carbocycles. The van der Waals surface area contributed by atoms with Crippen molar-refractivity contribution in [2.45, 2.75) is 105 Å². The van der Waals surface area contributed by atoms with E-state index >= 15 is 0 Å². The number of fused-ring (bicyclic) bond motifs is 2. The van der Waals surface area contributed by atoms with Crippen molar-refractivity contribution >= 4 is 111 Å². The molecule has 0 amide bonds. The van der Waals surface area contributed by atoms with E-state index in [0.29, 0.717) is 0 Å². The second-order valence-corrected chi connectivity index (χ2v) is 62.0. The van der Waals surface area contributed by atoms with E-state index in [1.54, 1.807) is 51.3 Å². The second-order valence-electron chi connectivity index (χ2n) is 18.6. The van der Waals surface area contributed by atoms with Gasteiger partial charge in [0.1, 0.15) is 17.1 Å². The Bertz CT molecular complexity index is 1730. The van der Waals surface area contributed by atoms with Gasteiger partial charge in [-0.2, -0.15) is 0 Å². The molecule has 4 unspecified atom stereocenters. The summed E-state index contributed by atoms with van der Waals surface area (Å²) in [6.45, 7) is 72.3. The van der Waals surface area contributed by atoms with Gasteiger partial charge in [-0.25, -0.2) is 0 Å².